The fourth-order valence-electron chi connectivity index (χ4n) is 2.12. The lowest BCUT2D eigenvalue weighted by molar-refractivity contribution is 0.104. The molecule has 106 valence electrons. The van der Waals surface area contributed by atoms with E-state index in [0.717, 1.165) is 16.0 Å². The molecule has 1 aliphatic rings. The maximum absolute atomic E-state index is 12.3. The number of rotatable bonds is 2. The minimum atomic E-state index is 0.0395. The van der Waals surface area contributed by atoms with Crippen LogP contribution in [0, 0.1) is 3.57 Å². The van der Waals surface area contributed by atoms with Gasteiger partial charge in [0.05, 0.1) is 15.6 Å². The quantitative estimate of drug-likeness (QED) is 0.592. The fourth-order valence-corrected chi connectivity index (χ4v) is 3.80. The Hall–Kier alpha value is -1.47. The van der Waals surface area contributed by atoms with E-state index >= 15 is 0 Å². The minimum absolute atomic E-state index is 0.0395. The van der Waals surface area contributed by atoms with Crippen LogP contribution in [0.25, 0.3) is 6.08 Å². The van der Waals surface area contributed by atoms with Gasteiger partial charge < -0.3 is 9.84 Å². The second kappa shape index (κ2) is 5.73. The third-order valence-electron chi connectivity index (χ3n) is 3.14. The normalized spacial score (nSPS) is 15.3. The van der Waals surface area contributed by atoms with Gasteiger partial charge in [0.2, 0.25) is 5.78 Å². The number of allylic oxidation sites excluding steroid dienone is 1. The van der Waals surface area contributed by atoms with Crippen LogP contribution in [-0.2, 0) is 0 Å². The molecule has 3 rings (SSSR count). The summed E-state index contributed by atoms with van der Waals surface area (Å²) in [7, 11) is 1.51. The molecule has 0 radical (unpaired) electrons. The van der Waals surface area contributed by atoms with Crippen LogP contribution in [0.1, 0.15) is 15.9 Å². The fraction of sp³-hybridized carbons (Fsp3) is 0.0625. The molecule has 0 bridgehead atoms. The average Bonchev–Trinajstić information content (AvgIpc) is 2.79. The Kier molecular flexibility index (Phi) is 3.95. The number of ether oxygens (including phenoxy) is 1. The highest BCUT2D eigenvalue weighted by atomic mass is 127. The lowest BCUT2D eigenvalue weighted by atomic mass is 10.1. The van der Waals surface area contributed by atoms with Crippen LogP contribution in [0.5, 0.6) is 11.5 Å². The summed E-state index contributed by atoms with van der Waals surface area (Å²) in [5.41, 5.74) is 1.58. The van der Waals surface area contributed by atoms with Crippen molar-refractivity contribution in [1.82, 2.24) is 0 Å². The predicted octanol–water partition coefficient (Wildman–Crippen LogP) is 4.33. The van der Waals surface area contributed by atoms with Gasteiger partial charge in [-0.2, -0.15) is 0 Å². The molecule has 3 nitrogen and oxygen atoms in total. The van der Waals surface area contributed by atoms with E-state index in [1.807, 2.05) is 59.0 Å². The van der Waals surface area contributed by atoms with Gasteiger partial charge in [0.25, 0.3) is 0 Å². The van der Waals surface area contributed by atoms with Crippen molar-refractivity contribution < 1.29 is 14.6 Å². The highest BCUT2D eigenvalue weighted by Crippen LogP contribution is 2.41. The topological polar surface area (TPSA) is 46.5 Å². The Balaban J connectivity index is 2.01. The SMILES string of the molecule is COc1cc(/C=C2\Sc3ccccc3C2=O)cc(I)c1O. The number of fused-ring (bicyclic) bond motifs is 1. The molecule has 0 fully saturated rings. The Morgan fingerprint density at radius 2 is 2.05 bits per heavy atom. The van der Waals surface area contributed by atoms with Gasteiger partial charge in [-0.1, -0.05) is 23.9 Å². The number of aromatic hydroxyl groups is 1. The smallest absolute Gasteiger partial charge is 0.200 e. The number of halogens is 1. The van der Waals surface area contributed by atoms with Gasteiger partial charge in [-0.15, -0.1) is 0 Å². The summed E-state index contributed by atoms with van der Waals surface area (Å²) in [5.74, 6) is 0.563. The van der Waals surface area contributed by atoms with Crippen LogP contribution in [0.4, 0.5) is 0 Å². The molecule has 0 unspecified atom stereocenters. The Morgan fingerprint density at radius 1 is 1.29 bits per heavy atom. The summed E-state index contributed by atoms with van der Waals surface area (Å²) in [5, 5.41) is 9.85. The summed E-state index contributed by atoms with van der Waals surface area (Å²) < 4.78 is 5.83. The number of Topliss-reactive ketones (excluding diaryl/α,β-unsaturated/α-hetero) is 1. The molecule has 1 heterocycles. The van der Waals surface area contributed by atoms with E-state index < -0.39 is 0 Å². The van der Waals surface area contributed by atoms with Gasteiger partial charge in [-0.25, -0.2) is 0 Å². The number of thioether (sulfide) groups is 1. The Bertz CT molecular complexity index is 768. The molecule has 0 spiro atoms. The van der Waals surface area contributed by atoms with Crippen molar-refractivity contribution in [2.45, 2.75) is 4.90 Å². The van der Waals surface area contributed by atoms with E-state index in [9.17, 15) is 9.90 Å². The predicted molar refractivity (Wildman–Crippen MR) is 92.0 cm³/mol. The van der Waals surface area contributed by atoms with E-state index in [-0.39, 0.29) is 11.5 Å². The first kappa shape index (κ1) is 14.5. The van der Waals surface area contributed by atoms with Crippen molar-refractivity contribution in [2.75, 3.05) is 7.11 Å². The first-order valence-electron chi connectivity index (χ1n) is 6.20. The number of carbonyl (C=O) groups is 1. The van der Waals surface area contributed by atoms with Crippen LogP contribution in [0.15, 0.2) is 46.2 Å². The number of hydrogen-bond donors (Lipinski definition) is 1. The van der Waals surface area contributed by atoms with Crippen LogP contribution >= 0.6 is 34.4 Å². The van der Waals surface area contributed by atoms with E-state index in [4.69, 9.17) is 4.74 Å². The Labute approximate surface area is 140 Å². The van der Waals surface area contributed by atoms with Gasteiger partial charge in [0, 0.05) is 10.5 Å². The van der Waals surface area contributed by atoms with Gasteiger partial charge in [0.1, 0.15) is 0 Å². The zero-order chi connectivity index (χ0) is 15.0. The largest absolute Gasteiger partial charge is 0.504 e. The number of ketones is 1. The van der Waals surface area contributed by atoms with Crippen LogP contribution < -0.4 is 4.74 Å². The zero-order valence-corrected chi connectivity index (χ0v) is 14.1. The van der Waals surface area contributed by atoms with E-state index in [2.05, 4.69) is 0 Å². The van der Waals surface area contributed by atoms with Crippen molar-refractivity contribution in [3.05, 3.63) is 56.0 Å². The second-order valence-electron chi connectivity index (χ2n) is 4.49. The highest BCUT2D eigenvalue weighted by Gasteiger charge is 2.25. The summed E-state index contributed by atoms with van der Waals surface area (Å²) in [4.78, 5) is 14.0. The summed E-state index contributed by atoms with van der Waals surface area (Å²) in [6, 6.07) is 11.1. The Morgan fingerprint density at radius 3 is 2.76 bits per heavy atom. The first-order valence-corrected chi connectivity index (χ1v) is 8.09. The van der Waals surface area contributed by atoms with Gasteiger partial charge in [-0.3, -0.25) is 4.79 Å². The molecule has 0 aromatic heterocycles. The van der Waals surface area contributed by atoms with E-state index in [1.54, 1.807) is 6.07 Å². The molecule has 0 aliphatic carbocycles. The molecule has 5 heteroatoms. The summed E-state index contributed by atoms with van der Waals surface area (Å²) >= 11 is 3.51. The maximum atomic E-state index is 12.3. The number of carbonyl (C=O) groups excluding carboxylic acids is 1. The number of benzene rings is 2. The average molecular weight is 410 g/mol. The number of phenols is 1. The molecule has 2 aromatic rings. The number of phenolic OH excluding ortho intramolecular Hbond substituents is 1. The summed E-state index contributed by atoms with van der Waals surface area (Å²) in [6.07, 6.45) is 1.83. The highest BCUT2D eigenvalue weighted by molar-refractivity contribution is 14.1. The van der Waals surface area contributed by atoms with Crippen LogP contribution in [-0.4, -0.2) is 18.0 Å². The molecule has 1 aliphatic heterocycles. The van der Waals surface area contributed by atoms with Crippen molar-refractivity contribution in [1.29, 1.82) is 0 Å². The molecule has 0 saturated heterocycles. The van der Waals surface area contributed by atoms with E-state index in [0.29, 0.717) is 14.2 Å². The third-order valence-corrected chi connectivity index (χ3v) is 5.07. The molecule has 1 N–H and O–H groups in total. The number of methoxy groups -OCH3 is 1. The van der Waals surface area contributed by atoms with Gasteiger partial charge in [-0.05, 0) is 58.5 Å². The minimum Gasteiger partial charge on any atom is -0.504 e. The standard InChI is InChI=1S/C16H11IO3S/c1-20-12-7-9(6-11(17)16(12)19)8-14-15(18)10-4-2-3-5-13(10)21-14/h2-8,19H,1H3/b14-8-. The lowest BCUT2D eigenvalue weighted by Gasteiger charge is -2.07. The molecular formula is C16H11IO3S. The lowest BCUT2D eigenvalue weighted by Crippen LogP contribution is -1.94. The van der Waals surface area contributed by atoms with Crippen LogP contribution in [0.3, 0.4) is 0 Å². The molecule has 0 amide bonds. The van der Waals surface area contributed by atoms with Crippen molar-refractivity contribution in [3.63, 3.8) is 0 Å². The summed E-state index contributed by atoms with van der Waals surface area (Å²) in [6.45, 7) is 0. The van der Waals surface area contributed by atoms with Crippen molar-refractivity contribution in [2.24, 2.45) is 0 Å². The van der Waals surface area contributed by atoms with Crippen molar-refractivity contribution >= 4 is 46.2 Å². The molecule has 21 heavy (non-hydrogen) atoms. The maximum Gasteiger partial charge on any atom is 0.200 e. The number of hydrogen-bond acceptors (Lipinski definition) is 4. The van der Waals surface area contributed by atoms with Crippen molar-refractivity contribution in [3.8, 4) is 11.5 Å². The van der Waals surface area contributed by atoms with Crippen LogP contribution in [0.2, 0.25) is 0 Å². The third kappa shape index (κ3) is 2.67. The first-order chi connectivity index (χ1) is 10.1. The second-order valence-corrected chi connectivity index (χ2v) is 6.74. The molecule has 0 saturated carbocycles. The molecule has 0 atom stereocenters. The molecule has 2 aromatic carbocycles. The monoisotopic (exact) mass is 410 g/mol. The van der Waals surface area contributed by atoms with Gasteiger partial charge in [0.15, 0.2) is 11.5 Å². The molecular weight excluding hydrogens is 399 g/mol. The van der Waals surface area contributed by atoms with E-state index in [1.165, 1.54) is 18.9 Å². The van der Waals surface area contributed by atoms with Gasteiger partial charge >= 0.3 is 0 Å². The zero-order valence-electron chi connectivity index (χ0n) is 11.1.